The maximum atomic E-state index is 4.63. The molecule has 3 rings (SSSR count). The largest absolute Gasteiger partial charge is 0.260 e. The van der Waals surface area contributed by atoms with Crippen molar-refractivity contribution < 1.29 is 0 Å². The molecule has 0 amide bonds. The lowest BCUT2D eigenvalue weighted by Gasteiger charge is -2.04. The molecular weight excluding hydrogens is 184 g/mol. The summed E-state index contributed by atoms with van der Waals surface area (Å²) in [5.41, 5.74) is 7.23. The minimum Gasteiger partial charge on any atom is -0.260 e. The van der Waals surface area contributed by atoms with Crippen LogP contribution in [0.25, 0.3) is 11.1 Å². The fraction of sp³-hybridized carbons (Fsp3) is 0.231. The highest BCUT2D eigenvalue weighted by Gasteiger charge is 2.20. The number of nitrogens with zero attached hydrogens (tertiary/aromatic N) is 2. The standard InChI is InChI=1S/C13H12N2/c1-8-6-11-10-4-3-5-14-12(10)7-13(11)15-9(8)2/h3-6H,7H2,1-2H3. The molecule has 0 atom stereocenters. The van der Waals surface area contributed by atoms with Crippen LogP contribution in [0.3, 0.4) is 0 Å². The summed E-state index contributed by atoms with van der Waals surface area (Å²) in [5, 5.41) is 0. The second-order valence-electron chi connectivity index (χ2n) is 4.06. The molecule has 2 heterocycles. The summed E-state index contributed by atoms with van der Waals surface area (Å²) in [6, 6.07) is 6.35. The highest BCUT2D eigenvalue weighted by Crippen LogP contribution is 2.34. The van der Waals surface area contributed by atoms with Gasteiger partial charge in [-0.2, -0.15) is 0 Å². The van der Waals surface area contributed by atoms with Crippen LogP contribution in [0.4, 0.5) is 0 Å². The monoisotopic (exact) mass is 196 g/mol. The number of aryl methyl sites for hydroxylation is 2. The third-order valence-electron chi connectivity index (χ3n) is 3.06. The normalized spacial score (nSPS) is 12.4. The molecular formula is C13H12N2. The van der Waals surface area contributed by atoms with Gasteiger partial charge in [-0.25, -0.2) is 0 Å². The molecule has 0 unspecified atom stereocenters. The van der Waals surface area contributed by atoms with Gasteiger partial charge in [0.05, 0.1) is 11.4 Å². The van der Waals surface area contributed by atoms with Gasteiger partial charge in [0, 0.05) is 29.4 Å². The van der Waals surface area contributed by atoms with Crippen molar-refractivity contribution in [2.75, 3.05) is 0 Å². The van der Waals surface area contributed by atoms with E-state index in [-0.39, 0.29) is 0 Å². The Morgan fingerprint density at radius 1 is 1.13 bits per heavy atom. The maximum Gasteiger partial charge on any atom is 0.0545 e. The molecule has 1 aliphatic carbocycles. The predicted octanol–water partition coefficient (Wildman–Crippen LogP) is 2.66. The van der Waals surface area contributed by atoms with E-state index in [2.05, 4.69) is 35.9 Å². The third kappa shape index (κ3) is 1.18. The highest BCUT2D eigenvalue weighted by atomic mass is 14.8. The van der Waals surface area contributed by atoms with Gasteiger partial charge in [0.25, 0.3) is 0 Å². The molecule has 0 saturated carbocycles. The van der Waals surface area contributed by atoms with E-state index in [9.17, 15) is 0 Å². The number of fused-ring (bicyclic) bond motifs is 3. The van der Waals surface area contributed by atoms with Gasteiger partial charge in [0.1, 0.15) is 0 Å². The molecule has 0 radical (unpaired) electrons. The van der Waals surface area contributed by atoms with Crippen LogP contribution < -0.4 is 0 Å². The molecule has 2 aromatic rings. The summed E-state index contributed by atoms with van der Waals surface area (Å²) in [5.74, 6) is 0. The van der Waals surface area contributed by atoms with Gasteiger partial charge in [-0.1, -0.05) is 6.07 Å². The molecule has 15 heavy (non-hydrogen) atoms. The molecule has 0 spiro atoms. The van der Waals surface area contributed by atoms with Crippen molar-refractivity contribution in [3.8, 4) is 11.1 Å². The number of aromatic nitrogens is 2. The molecule has 2 heteroatoms. The van der Waals surface area contributed by atoms with Crippen molar-refractivity contribution in [2.45, 2.75) is 20.3 Å². The lowest BCUT2D eigenvalue weighted by atomic mass is 10.1. The summed E-state index contributed by atoms with van der Waals surface area (Å²) in [7, 11) is 0. The van der Waals surface area contributed by atoms with Crippen LogP contribution >= 0.6 is 0 Å². The second kappa shape index (κ2) is 2.89. The molecule has 0 saturated heterocycles. The molecule has 0 bridgehead atoms. The Morgan fingerprint density at radius 2 is 2.00 bits per heavy atom. The fourth-order valence-corrected chi connectivity index (χ4v) is 2.11. The van der Waals surface area contributed by atoms with Crippen LogP contribution in [0, 0.1) is 13.8 Å². The minimum atomic E-state index is 0.882. The first-order valence-corrected chi connectivity index (χ1v) is 5.17. The lowest BCUT2D eigenvalue weighted by Crippen LogP contribution is -1.93. The molecule has 74 valence electrons. The zero-order valence-electron chi connectivity index (χ0n) is 8.91. The van der Waals surface area contributed by atoms with E-state index in [1.165, 1.54) is 22.4 Å². The van der Waals surface area contributed by atoms with E-state index in [4.69, 9.17) is 0 Å². The molecule has 0 aliphatic heterocycles. The Bertz CT molecular complexity index is 544. The number of rotatable bonds is 0. The maximum absolute atomic E-state index is 4.63. The number of pyridine rings is 2. The van der Waals surface area contributed by atoms with Gasteiger partial charge < -0.3 is 0 Å². The minimum absolute atomic E-state index is 0.882. The summed E-state index contributed by atoms with van der Waals surface area (Å²) < 4.78 is 0. The van der Waals surface area contributed by atoms with Crippen LogP contribution in [0.2, 0.25) is 0 Å². The van der Waals surface area contributed by atoms with Crippen molar-refractivity contribution in [3.05, 3.63) is 47.0 Å². The van der Waals surface area contributed by atoms with Gasteiger partial charge in [-0.3, -0.25) is 9.97 Å². The predicted molar refractivity (Wildman–Crippen MR) is 59.7 cm³/mol. The molecule has 1 aliphatic rings. The number of hydrogen-bond donors (Lipinski definition) is 0. The zero-order valence-corrected chi connectivity index (χ0v) is 8.91. The van der Waals surface area contributed by atoms with E-state index < -0.39 is 0 Å². The quantitative estimate of drug-likeness (QED) is 0.552. The summed E-state index contributed by atoms with van der Waals surface area (Å²) in [6.45, 7) is 4.17. The SMILES string of the molecule is Cc1cc2c(nc1C)Cc1ncccc1-2. The average molecular weight is 196 g/mol. The second-order valence-corrected chi connectivity index (χ2v) is 4.06. The summed E-state index contributed by atoms with van der Waals surface area (Å²) >= 11 is 0. The fourth-order valence-electron chi connectivity index (χ4n) is 2.11. The van der Waals surface area contributed by atoms with Crippen LogP contribution in [0.5, 0.6) is 0 Å². The highest BCUT2D eigenvalue weighted by molar-refractivity contribution is 5.74. The topological polar surface area (TPSA) is 25.8 Å². The lowest BCUT2D eigenvalue weighted by molar-refractivity contribution is 1.02. The molecule has 2 nitrogen and oxygen atoms in total. The van der Waals surface area contributed by atoms with E-state index in [1.54, 1.807) is 0 Å². The van der Waals surface area contributed by atoms with Crippen LogP contribution in [-0.2, 0) is 6.42 Å². The Labute approximate surface area is 89.0 Å². The van der Waals surface area contributed by atoms with Crippen molar-refractivity contribution in [1.29, 1.82) is 0 Å². The summed E-state index contributed by atoms with van der Waals surface area (Å²) in [4.78, 5) is 9.02. The Morgan fingerprint density at radius 3 is 2.87 bits per heavy atom. The Hall–Kier alpha value is -1.70. The van der Waals surface area contributed by atoms with Crippen LogP contribution in [0.1, 0.15) is 22.6 Å². The zero-order chi connectivity index (χ0) is 10.4. The average Bonchev–Trinajstić information content (AvgIpc) is 2.57. The van der Waals surface area contributed by atoms with Gasteiger partial charge in [-0.05, 0) is 31.5 Å². The van der Waals surface area contributed by atoms with Crippen LogP contribution in [0.15, 0.2) is 24.4 Å². The first-order valence-electron chi connectivity index (χ1n) is 5.17. The van der Waals surface area contributed by atoms with Gasteiger partial charge in [0.2, 0.25) is 0 Å². The van der Waals surface area contributed by atoms with Gasteiger partial charge >= 0.3 is 0 Å². The van der Waals surface area contributed by atoms with Gasteiger partial charge in [0.15, 0.2) is 0 Å². The van der Waals surface area contributed by atoms with Crippen molar-refractivity contribution >= 4 is 0 Å². The molecule has 0 aromatic carbocycles. The summed E-state index contributed by atoms with van der Waals surface area (Å²) in [6.07, 6.45) is 2.73. The van der Waals surface area contributed by atoms with Gasteiger partial charge in [-0.15, -0.1) is 0 Å². The molecule has 0 N–H and O–H groups in total. The number of hydrogen-bond acceptors (Lipinski definition) is 2. The van der Waals surface area contributed by atoms with Crippen molar-refractivity contribution in [1.82, 2.24) is 9.97 Å². The Balaban J connectivity index is 2.29. The Kier molecular flexibility index (Phi) is 1.66. The first kappa shape index (κ1) is 8.60. The van der Waals surface area contributed by atoms with Crippen molar-refractivity contribution in [3.63, 3.8) is 0 Å². The third-order valence-corrected chi connectivity index (χ3v) is 3.06. The van der Waals surface area contributed by atoms with Crippen LogP contribution in [-0.4, -0.2) is 9.97 Å². The smallest absolute Gasteiger partial charge is 0.0545 e. The van der Waals surface area contributed by atoms with E-state index >= 15 is 0 Å². The van der Waals surface area contributed by atoms with Crippen molar-refractivity contribution in [2.24, 2.45) is 0 Å². The molecule has 2 aromatic heterocycles. The van der Waals surface area contributed by atoms with E-state index in [0.717, 1.165) is 17.8 Å². The van der Waals surface area contributed by atoms with E-state index in [1.807, 2.05) is 12.3 Å². The van der Waals surface area contributed by atoms with E-state index in [0.29, 0.717) is 0 Å². The molecule has 0 fully saturated rings. The first-order chi connectivity index (χ1) is 7.25.